The number of pyridine rings is 1. The van der Waals surface area contributed by atoms with Crippen LogP contribution in [-0.2, 0) is 7.05 Å². The predicted molar refractivity (Wildman–Crippen MR) is 65.4 cm³/mol. The molecule has 2 heterocycles. The molecular weight excluding hydrogens is 234 g/mol. The zero-order chi connectivity index (χ0) is 12.4. The van der Waals surface area contributed by atoms with Gasteiger partial charge in [0.15, 0.2) is 0 Å². The lowest BCUT2D eigenvalue weighted by Gasteiger charge is -2.04. The Bertz CT molecular complexity index is 596. The SMILES string of the molecule is Cc1nn(C)c(Sc2ncccc2N)c1C#N. The van der Waals surface area contributed by atoms with Crippen LogP contribution >= 0.6 is 11.8 Å². The summed E-state index contributed by atoms with van der Waals surface area (Å²) in [5.41, 5.74) is 7.70. The number of anilines is 1. The van der Waals surface area contributed by atoms with Crippen LogP contribution in [0.2, 0.25) is 0 Å². The van der Waals surface area contributed by atoms with Crippen LogP contribution in [-0.4, -0.2) is 14.8 Å². The minimum absolute atomic E-state index is 0.572. The summed E-state index contributed by atoms with van der Waals surface area (Å²) in [5, 5.41) is 14.8. The van der Waals surface area contributed by atoms with Crippen LogP contribution in [0.4, 0.5) is 5.69 Å². The number of nitrogens with two attached hydrogens (primary N) is 1. The van der Waals surface area contributed by atoms with Gasteiger partial charge in [0, 0.05) is 13.2 Å². The molecule has 6 heteroatoms. The number of hydrogen-bond acceptors (Lipinski definition) is 5. The minimum Gasteiger partial charge on any atom is -0.397 e. The van der Waals surface area contributed by atoms with E-state index < -0.39 is 0 Å². The maximum atomic E-state index is 9.09. The maximum Gasteiger partial charge on any atom is 0.125 e. The standard InChI is InChI=1S/C11H11N5S/c1-7-8(6-12)11(16(2)15-7)17-10-9(13)4-3-5-14-10/h3-5H,13H2,1-2H3. The summed E-state index contributed by atoms with van der Waals surface area (Å²) in [4.78, 5) is 4.19. The quantitative estimate of drug-likeness (QED) is 0.871. The van der Waals surface area contributed by atoms with Gasteiger partial charge < -0.3 is 5.73 Å². The van der Waals surface area contributed by atoms with E-state index in [2.05, 4.69) is 16.2 Å². The third kappa shape index (κ3) is 2.10. The van der Waals surface area contributed by atoms with Crippen LogP contribution in [0.5, 0.6) is 0 Å². The number of hydrogen-bond donors (Lipinski definition) is 1. The molecule has 17 heavy (non-hydrogen) atoms. The van der Waals surface area contributed by atoms with Gasteiger partial charge in [-0.15, -0.1) is 0 Å². The van der Waals surface area contributed by atoms with Gasteiger partial charge in [0.2, 0.25) is 0 Å². The van der Waals surface area contributed by atoms with E-state index in [1.807, 2.05) is 6.92 Å². The van der Waals surface area contributed by atoms with E-state index in [0.717, 1.165) is 5.03 Å². The molecule has 0 aliphatic rings. The Morgan fingerprint density at radius 2 is 2.29 bits per heavy atom. The average Bonchev–Trinajstić information content (AvgIpc) is 2.56. The highest BCUT2D eigenvalue weighted by Crippen LogP contribution is 2.32. The topological polar surface area (TPSA) is 80.5 Å². The fraction of sp³-hybridized carbons (Fsp3) is 0.182. The number of aryl methyl sites for hydroxylation is 2. The van der Waals surface area contributed by atoms with Crippen molar-refractivity contribution in [2.45, 2.75) is 17.0 Å². The molecule has 0 unspecified atom stereocenters. The molecule has 0 atom stereocenters. The molecule has 0 bridgehead atoms. The Labute approximate surface area is 103 Å². The summed E-state index contributed by atoms with van der Waals surface area (Å²) in [5.74, 6) is 0. The minimum atomic E-state index is 0.572. The Morgan fingerprint density at radius 3 is 2.94 bits per heavy atom. The molecular formula is C11H11N5S. The van der Waals surface area contributed by atoms with Crippen LogP contribution in [0, 0.1) is 18.3 Å². The number of nitrogen functional groups attached to an aromatic ring is 1. The molecule has 0 fully saturated rings. The number of nitrogens with zero attached hydrogens (tertiary/aromatic N) is 4. The van der Waals surface area contributed by atoms with Gasteiger partial charge in [0.25, 0.3) is 0 Å². The van der Waals surface area contributed by atoms with Crippen molar-refractivity contribution in [3.05, 3.63) is 29.6 Å². The van der Waals surface area contributed by atoms with Crippen molar-refractivity contribution in [2.24, 2.45) is 7.05 Å². The molecule has 0 aliphatic heterocycles. The number of rotatable bonds is 2. The van der Waals surface area contributed by atoms with E-state index in [-0.39, 0.29) is 0 Å². The highest BCUT2D eigenvalue weighted by molar-refractivity contribution is 7.99. The second-order valence-electron chi connectivity index (χ2n) is 3.50. The Morgan fingerprint density at radius 1 is 1.53 bits per heavy atom. The second-order valence-corrected chi connectivity index (χ2v) is 4.48. The first-order chi connectivity index (χ1) is 8.13. The van der Waals surface area contributed by atoms with Crippen molar-refractivity contribution < 1.29 is 0 Å². The third-order valence-corrected chi connectivity index (χ3v) is 3.47. The van der Waals surface area contributed by atoms with Crippen LogP contribution in [0.15, 0.2) is 28.4 Å². The molecule has 2 aromatic heterocycles. The largest absolute Gasteiger partial charge is 0.397 e. The summed E-state index contributed by atoms with van der Waals surface area (Å²) in [7, 11) is 1.80. The monoisotopic (exact) mass is 245 g/mol. The highest BCUT2D eigenvalue weighted by atomic mass is 32.2. The van der Waals surface area contributed by atoms with Gasteiger partial charge in [0.1, 0.15) is 21.7 Å². The van der Waals surface area contributed by atoms with Gasteiger partial charge in [-0.3, -0.25) is 4.68 Å². The molecule has 0 radical (unpaired) electrons. The zero-order valence-corrected chi connectivity index (χ0v) is 10.3. The Kier molecular flexibility index (Phi) is 3.02. The molecule has 2 N–H and O–H groups in total. The second kappa shape index (κ2) is 4.47. The van der Waals surface area contributed by atoms with E-state index in [4.69, 9.17) is 11.0 Å². The van der Waals surface area contributed by atoms with Crippen molar-refractivity contribution in [2.75, 3.05) is 5.73 Å². The zero-order valence-electron chi connectivity index (χ0n) is 9.51. The highest BCUT2D eigenvalue weighted by Gasteiger charge is 2.15. The molecule has 86 valence electrons. The van der Waals surface area contributed by atoms with Gasteiger partial charge in [-0.2, -0.15) is 10.4 Å². The summed E-state index contributed by atoms with van der Waals surface area (Å²) in [6, 6.07) is 5.71. The summed E-state index contributed by atoms with van der Waals surface area (Å²) >= 11 is 1.35. The molecule has 5 nitrogen and oxygen atoms in total. The molecule has 0 amide bonds. The summed E-state index contributed by atoms with van der Waals surface area (Å²) in [6.07, 6.45) is 1.67. The van der Waals surface area contributed by atoms with E-state index in [1.54, 1.807) is 30.1 Å². The van der Waals surface area contributed by atoms with E-state index in [0.29, 0.717) is 22.0 Å². The first-order valence-corrected chi connectivity index (χ1v) is 5.77. The fourth-order valence-electron chi connectivity index (χ4n) is 1.46. The average molecular weight is 245 g/mol. The predicted octanol–water partition coefficient (Wildman–Crippen LogP) is 1.73. The van der Waals surface area contributed by atoms with Crippen molar-refractivity contribution in [3.8, 4) is 6.07 Å². The molecule has 0 saturated heterocycles. The van der Waals surface area contributed by atoms with Crippen LogP contribution in [0.25, 0.3) is 0 Å². The first kappa shape index (κ1) is 11.5. The Hall–Kier alpha value is -2.00. The lowest BCUT2D eigenvalue weighted by Crippen LogP contribution is -1.95. The molecule has 0 aromatic carbocycles. The molecule has 0 aliphatic carbocycles. The normalized spacial score (nSPS) is 10.2. The van der Waals surface area contributed by atoms with E-state index in [9.17, 15) is 0 Å². The van der Waals surface area contributed by atoms with Crippen LogP contribution < -0.4 is 5.73 Å². The fourth-order valence-corrected chi connectivity index (χ4v) is 2.41. The lowest BCUT2D eigenvalue weighted by molar-refractivity contribution is 0.691. The van der Waals surface area contributed by atoms with Gasteiger partial charge in [-0.05, 0) is 30.8 Å². The smallest absolute Gasteiger partial charge is 0.125 e. The van der Waals surface area contributed by atoms with Gasteiger partial charge >= 0.3 is 0 Å². The third-order valence-electron chi connectivity index (χ3n) is 2.28. The molecule has 0 spiro atoms. The molecule has 0 saturated carbocycles. The van der Waals surface area contributed by atoms with Crippen LogP contribution in [0.3, 0.4) is 0 Å². The lowest BCUT2D eigenvalue weighted by atomic mass is 10.3. The van der Waals surface area contributed by atoms with Gasteiger partial charge in [-0.1, -0.05) is 0 Å². The van der Waals surface area contributed by atoms with E-state index in [1.165, 1.54) is 11.8 Å². The van der Waals surface area contributed by atoms with E-state index >= 15 is 0 Å². The first-order valence-electron chi connectivity index (χ1n) is 4.95. The maximum absolute atomic E-state index is 9.09. The number of aromatic nitrogens is 3. The van der Waals surface area contributed by atoms with Gasteiger partial charge in [-0.25, -0.2) is 4.98 Å². The van der Waals surface area contributed by atoms with Crippen molar-refractivity contribution in [1.29, 1.82) is 5.26 Å². The van der Waals surface area contributed by atoms with Crippen molar-refractivity contribution >= 4 is 17.4 Å². The van der Waals surface area contributed by atoms with Crippen molar-refractivity contribution in [1.82, 2.24) is 14.8 Å². The Balaban J connectivity index is 2.44. The van der Waals surface area contributed by atoms with Gasteiger partial charge in [0.05, 0.1) is 11.4 Å². The molecule has 2 aromatic rings. The number of nitriles is 1. The van der Waals surface area contributed by atoms with Crippen LogP contribution in [0.1, 0.15) is 11.3 Å². The van der Waals surface area contributed by atoms with Crippen molar-refractivity contribution in [3.63, 3.8) is 0 Å². The summed E-state index contributed by atoms with van der Waals surface area (Å²) < 4.78 is 1.67. The molecule has 2 rings (SSSR count). The summed E-state index contributed by atoms with van der Waals surface area (Å²) in [6.45, 7) is 1.81.